The maximum atomic E-state index is 10.2. The highest BCUT2D eigenvalue weighted by molar-refractivity contribution is 4.85. The van der Waals surface area contributed by atoms with E-state index in [0.29, 0.717) is 0 Å². The lowest BCUT2D eigenvalue weighted by Gasteiger charge is -2.23. The van der Waals surface area contributed by atoms with E-state index in [9.17, 15) is 10.2 Å². The fourth-order valence-electron chi connectivity index (χ4n) is 3.65. The van der Waals surface area contributed by atoms with Gasteiger partial charge < -0.3 is 10.2 Å². The van der Waals surface area contributed by atoms with Crippen molar-refractivity contribution in [3.05, 3.63) is 0 Å². The average molecular weight is 240 g/mol. The Morgan fingerprint density at radius 3 is 1.29 bits per heavy atom. The summed E-state index contributed by atoms with van der Waals surface area (Å²) in [6.45, 7) is 0. The minimum absolute atomic E-state index is 0.329. The Morgan fingerprint density at radius 2 is 0.941 bits per heavy atom. The number of unbranched alkanes of at least 4 members (excludes halogenated alkanes) is 2. The molecule has 2 fully saturated rings. The molecule has 0 aromatic heterocycles. The van der Waals surface area contributed by atoms with Gasteiger partial charge in [-0.1, -0.05) is 44.9 Å². The van der Waals surface area contributed by atoms with Crippen molar-refractivity contribution in [2.45, 2.75) is 94.7 Å². The van der Waals surface area contributed by atoms with Gasteiger partial charge >= 0.3 is 0 Å². The minimum Gasteiger partial charge on any atom is -0.390 e. The number of hydrogen-bond donors (Lipinski definition) is 2. The molecule has 0 spiro atoms. The largest absolute Gasteiger partial charge is 0.390 e. The summed E-state index contributed by atoms with van der Waals surface area (Å²) in [5.41, 5.74) is -0.658. The lowest BCUT2D eigenvalue weighted by Crippen LogP contribution is -2.24. The predicted octanol–water partition coefficient (Wildman–Crippen LogP) is 3.55. The summed E-state index contributed by atoms with van der Waals surface area (Å²) in [4.78, 5) is 0. The topological polar surface area (TPSA) is 40.5 Å². The average Bonchev–Trinajstić information content (AvgIpc) is 2.89. The van der Waals surface area contributed by atoms with Gasteiger partial charge in [0.05, 0.1) is 11.2 Å². The van der Waals surface area contributed by atoms with Gasteiger partial charge in [-0.3, -0.25) is 0 Å². The van der Waals surface area contributed by atoms with E-state index in [1.54, 1.807) is 0 Å². The molecule has 2 N–H and O–H groups in total. The molecular formula is C15H28O2. The highest BCUT2D eigenvalue weighted by Gasteiger charge is 2.31. The molecule has 2 heteroatoms. The van der Waals surface area contributed by atoms with Gasteiger partial charge in [-0.25, -0.2) is 0 Å². The molecule has 0 bridgehead atoms. The molecule has 0 aromatic carbocycles. The van der Waals surface area contributed by atoms with Crippen LogP contribution < -0.4 is 0 Å². The minimum atomic E-state index is -0.329. The SMILES string of the molecule is OC1(CCCCCC2(O)CCCC2)CCCC1. The molecule has 17 heavy (non-hydrogen) atoms. The van der Waals surface area contributed by atoms with Crippen molar-refractivity contribution in [1.82, 2.24) is 0 Å². The van der Waals surface area contributed by atoms with Crippen LogP contribution in [0.15, 0.2) is 0 Å². The van der Waals surface area contributed by atoms with Gasteiger partial charge in [0.1, 0.15) is 0 Å². The second kappa shape index (κ2) is 5.71. The van der Waals surface area contributed by atoms with Crippen LogP contribution in [0.3, 0.4) is 0 Å². The zero-order valence-corrected chi connectivity index (χ0v) is 11.1. The summed E-state index contributed by atoms with van der Waals surface area (Å²) < 4.78 is 0. The molecule has 0 atom stereocenters. The smallest absolute Gasteiger partial charge is 0.0647 e. The van der Waals surface area contributed by atoms with Gasteiger partial charge in [-0.05, 0) is 38.5 Å². The predicted molar refractivity (Wildman–Crippen MR) is 69.9 cm³/mol. The molecule has 0 aromatic rings. The Balaban J connectivity index is 1.54. The van der Waals surface area contributed by atoms with Crippen LogP contribution in [-0.2, 0) is 0 Å². The zero-order valence-electron chi connectivity index (χ0n) is 11.1. The zero-order chi connectivity index (χ0) is 12.2. The van der Waals surface area contributed by atoms with Crippen molar-refractivity contribution >= 4 is 0 Å². The van der Waals surface area contributed by atoms with E-state index in [-0.39, 0.29) is 11.2 Å². The van der Waals surface area contributed by atoms with E-state index >= 15 is 0 Å². The molecule has 2 nitrogen and oxygen atoms in total. The van der Waals surface area contributed by atoms with E-state index < -0.39 is 0 Å². The third-order valence-corrected chi connectivity index (χ3v) is 4.85. The molecular weight excluding hydrogens is 212 g/mol. The number of aliphatic hydroxyl groups is 2. The molecule has 0 heterocycles. The van der Waals surface area contributed by atoms with Crippen molar-refractivity contribution < 1.29 is 10.2 Å². The Bertz CT molecular complexity index is 201. The first kappa shape index (κ1) is 13.4. The quantitative estimate of drug-likeness (QED) is 0.697. The molecule has 2 aliphatic carbocycles. The second-order valence-electron chi connectivity index (χ2n) is 6.42. The van der Waals surface area contributed by atoms with Gasteiger partial charge in [-0.15, -0.1) is 0 Å². The maximum Gasteiger partial charge on any atom is 0.0647 e. The Labute approximate surface area is 105 Å². The van der Waals surface area contributed by atoms with E-state index in [2.05, 4.69) is 0 Å². The Kier molecular flexibility index (Phi) is 4.48. The lowest BCUT2D eigenvalue weighted by molar-refractivity contribution is 0.0293. The van der Waals surface area contributed by atoms with Crippen molar-refractivity contribution in [3.8, 4) is 0 Å². The summed E-state index contributed by atoms with van der Waals surface area (Å²) in [6, 6.07) is 0. The number of rotatable bonds is 6. The van der Waals surface area contributed by atoms with Gasteiger partial charge in [0.15, 0.2) is 0 Å². The van der Waals surface area contributed by atoms with E-state index in [1.807, 2.05) is 0 Å². The first-order valence-electron chi connectivity index (χ1n) is 7.57. The first-order chi connectivity index (χ1) is 8.12. The van der Waals surface area contributed by atoms with Gasteiger partial charge in [0.25, 0.3) is 0 Å². The molecule has 0 aliphatic heterocycles. The second-order valence-corrected chi connectivity index (χ2v) is 6.42. The van der Waals surface area contributed by atoms with Gasteiger partial charge in [0.2, 0.25) is 0 Å². The maximum absolute atomic E-state index is 10.2. The highest BCUT2D eigenvalue weighted by atomic mass is 16.3. The molecule has 2 rings (SSSR count). The van der Waals surface area contributed by atoms with Crippen molar-refractivity contribution in [3.63, 3.8) is 0 Å². The third-order valence-electron chi connectivity index (χ3n) is 4.85. The fraction of sp³-hybridized carbons (Fsp3) is 1.00. The van der Waals surface area contributed by atoms with Crippen LogP contribution in [0.2, 0.25) is 0 Å². The Morgan fingerprint density at radius 1 is 0.588 bits per heavy atom. The molecule has 2 aliphatic rings. The first-order valence-corrected chi connectivity index (χ1v) is 7.57. The summed E-state index contributed by atoms with van der Waals surface area (Å²) in [5.74, 6) is 0. The van der Waals surface area contributed by atoms with E-state index in [0.717, 1.165) is 51.4 Å². The van der Waals surface area contributed by atoms with Crippen molar-refractivity contribution in [2.75, 3.05) is 0 Å². The van der Waals surface area contributed by atoms with Crippen LogP contribution in [0.1, 0.15) is 83.5 Å². The molecule has 0 radical (unpaired) electrons. The van der Waals surface area contributed by atoms with Crippen LogP contribution in [0, 0.1) is 0 Å². The van der Waals surface area contributed by atoms with Gasteiger partial charge in [-0.2, -0.15) is 0 Å². The van der Waals surface area contributed by atoms with Crippen LogP contribution >= 0.6 is 0 Å². The molecule has 2 saturated carbocycles. The van der Waals surface area contributed by atoms with Crippen molar-refractivity contribution in [1.29, 1.82) is 0 Å². The summed E-state index contributed by atoms with van der Waals surface area (Å²) >= 11 is 0. The monoisotopic (exact) mass is 240 g/mol. The summed E-state index contributed by atoms with van der Waals surface area (Å²) in [6.07, 6.45) is 14.3. The van der Waals surface area contributed by atoms with Crippen LogP contribution in [0.5, 0.6) is 0 Å². The number of hydrogen-bond acceptors (Lipinski definition) is 2. The highest BCUT2D eigenvalue weighted by Crippen LogP contribution is 2.36. The van der Waals surface area contributed by atoms with Crippen molar-refractivity contribution in [2.24, 2.45) is 0 Å². The Hall–Kier alpha value is -0.0800. The molecule has 0 unspecified atom stereocenters. The normalized spacial score (nSPS) is 26.5. The molecule has 0 saturated heterocycles. The summed E-state index contributed by atoms with van der Waals surface area (Å²) in [7, 11) is 0. The standard InChI is InChI=1S/C15H28O2/c16-14(10-4-5-11-14)8-2-1-3-9-15(17)12-6-7-13-15/h16-17H,1-13H2. The molecule has 0 amide bonds. The van der Waals surface area contributed by atoms with Gasteiger partial charge in [0, 0.05) is 0 Å². The summed E-state index contributed by atoms with van der Waals surface area (Å²) in [5, 5.41) is 20.4. The van der Waals surface area contributed by atoms with Crippen LogP contribution in [0.25, 0.3) is 0 Å². The lowest BCUT2D eigenvalue weighted by atomic mass is 9.91. The van der Waals surface area contributed by atoms with Crippen LogP contribution in [-0.4, -0.2) is 21.4 Å². The molecule has 100 valence electrons. The van der Waals surface area contributed by atoms with E-state index in [4.69, 9.17) is 0 Å². The van der Waals surface area contributed by atoms with Crippen LogP contribution in [0.4, 0.5) is 0 Å². The third kappa shape index (κ3) is 3.96. The fourth-order valence-corrected chi connectivity index (χ4v) is 3.65. The van der Waals surface area contributed by atoms with E-state index in [1.165, 1.54) is 32.1 Å².